The third kappa shape index (κ3) is 18.5. The van der Waals surface area contributed by atoms with Gasteiger partial charge in [0.25, 0.3) is 0 Å². The van der Waals surface area contributed by atoms with E-state index < -0.39 is 45.5 Å². The number of esters is 2. The minimum Gasteiger partial charge on any atom is -0.460 e. The molecule has 2 aromatic rings. The van der Waals surface area contributed by atoms with Crippen LogP contribution in [0.5, 0.6) is 0 Å². The second-order valence-electron chi connectivity index (χ2n) is 19.5. The van der Waals surface area contributed by atoms with E-state index in [9.17, 15) is 28.0 Å². The minimum atomic E-state index is -0.903. The number of nitrogens with zero attached hydrogens (tertiary/aromatic N) is 4. The van der Waals surface area contributed by atoms with Crippen LogP contribution in [0, 0.1) is 23.0 Å². The number of aromatic nitrogens is 2. The van der Waals surface area contributed by atoms with Crippen molar-refractivity contribution in [2.75, 3.05) is 13.1 Å². The van der Waals surface area contributed by atoms with Gasteiger partial charge in [0.15, 0.2) is 21.9 Å². The van der Waals surface area contributed by atoms with Gasteiger partial charge in [0.2, 0.25) is 0 Å². The van der Waals surface area contributed by atoms with Gasteiger partial charge in [-0.25, -0.2) is 28.3 Å². The highest BCUT2D eigenvalue weighted by atomic mass is 79.9. The zero-order valence-corrected chi connectivity index (χ0v) is 41.2. The number of amides is 2. The molecule has 2 aliphatic rings. The second kappa shape index (κ2) is 21.9. The fourth-order valence-electron chi connectivity index (χ4n) is 6.52. The van der Waals surface area contributed by atoms with Crippen LogP contribution >= 0.6 is 39.1 Å². The largest absolute Gasteiger partial charge is 0.460 e. The molecule has 0 bridgehead atoms. The third-order valence-electron chi connectivity index (χ3n) is 9.13. The third-order valence-corrected chi connectivity index (χ3v) is 10.2. The molecule has 2 amide bonds. The number of hydrogen-bond donors (Lipinski definition) is 0. The predicted octanol–water partition coefficient (Wildman–Crippen LogP) is 11.3. The molecule has 0 aromatic carbocycles. The molecule has 0 aliphatic carbocycles. The molecule has 17 heteroatoms. The van der Waals surface area contributed by atoms with E-state index in [4.69, 9.17) is 42.1 Å². The van der Waals surface area contributed by atoms with Gasteiger partial charge in [-0.2, -0.15) is 0 Å². The summed E-state index contributed by atoms with van der Waals surface area (Å²) in [4.78, 5) is 61.2. The number of carbonyl (C=O) groups is 4. The van der Waals surface area contributed by atoms with E-state index in [1.165, 1.54) is 18.2 Å². The van der Waals surface area contributed by atoms with Crippen molar-refractivity contribution >= 4 is 63.3 Å². The van der Waals surface area contributed by atoms with Crippen molar-refractivity contribution < 1.29 is 46.9 Å². The lowest BCUT2D eigenvalue weighted by Gasteiger charge is -2.44. The smallest absolute Gasteiger partial charge is 0.410 e. The average molecular weight is 967 g/mol. The number of rotatable bonds is 5. The van der Waals surface area contributed by atoms with Gasteiger partial charge in [-0.1, -0.05) is 39.1 Å². The standard InChI is InChI=1S/C22H32ClFN2O4.C16H29NO4.C6H4BrClFN/c1-14-12-22(18(27)29-20(2,3)4,13-15-8-9-16(24)17(23)25-15)10-11-26(14)19(28)30-21(5,6)7;1-11-10-12(13(18)20-15(2,3)4)8-9-17(11)14(19)21-16(5,6)7;7-3-4-1-2-5(9)6(8)10-4/h8-9,14H,10-13H2,1-7H3;11-12H,8-10H2,1-7H3;1-2H,3H2/t14-,22-;11-,12-;/m11./s1. The van der Waals surface area contributed by atoms with Crippen LogP contribution in [0.2, 0.25) is 10.3 Å². The van der Waals surface area contributed by atoms with Crippen LogP contribution in [0.1, 0.15) is 134 Å². The van der Waals surface area contributed by atoms with E-state index in [0.29, 0.717) is 49.8 Å². The summed E-state index contributed by atoms with van der Waals surface area (Å²) >= 11 is 14.4. The molecule has 0 radical (unpaired) electrons. The number of hydrogen-bond acceptors (Lipinski definition) is 10. The van der Waals surface area contributed by atoms with Crippen LogP contribution < -0.4 is 0 Å². The van der Waals surface area contributed by atoms with E-state index in [1.807, 2.05) is 96.9 Å². The number of carbonyl (C=O) groups excluding carboxylic acids is 4. The summed E-state index contributed by atoms with van der Waals surface area (Å²) in [7, 11) is 0. The molecule has 0 N–H and O–H groups in total. The van der Waals surface area contributed by atoms with E-state index in [0.717, 1.165) is 5.69 Å². The normalized spacial score (nSPS) is 20.9. The lowest BCUT2D eigenvalue weighted by atomic mass is 9.72. The van der Waals surface area contributed by atoms with Crippen molar-refractivity contribution in [2.45, 2.75) is 169 Å². The second-order valence-corrected chi connectivity index (χ2v) is 20.8. The topological polar surface area (TPSA) is 137 Å². The summed E-state index contributed by atoms with van der Waals surface area (Å²) in [5.41, 5.74) is -1.91. The molecule has 4 rings (SSSR count). The molecule has 2 aliphatic heterocycles. The number of halogens is 5. The quantitative estimate of drug-likeness (QED) is 0.123. The molecule has 0 unspecified atom stereocenters. The summed E-state index contributed by atoms with van der Waals surface area (Å²) in [6.45, 7) is 26.7. The number of ether oxygens (including phenoxy) is 4. The zero-order valence-electron chi connectivity index (χ0n) is 38.1. The van der Waals surface area contributed by atoms with Gasteiger partial charge in [0, 0.05) is 42.6 Å². The number of likely N-dealkylation sites (tertiary alicyclic amines) is 2. The first kappa shape index (κ1) is 53.8. The van der Waals surface area contributed by atoms with Gasteiger partial charge >= 0.3 is 24.1 Å². The fraction of sp³-hybridized carbons (Fsp3) is 0.682. The first-order valence-corrected chi connectivity index (χ1v) is 22.3. The van der Waals surface area contributed by atoms with E-state index >= 15 is 0 Å². The number of alkyl halides is 1. The Hall–Kier alpha value is -3.30. The Kier molecular flexibility index (Phi) is 19.3. The van der Waals surface area contributed by atoms with Crippen LogP contribution in [0.15, 0.2) is 24.3 Å². The molecule has 61 heavy (non-hydrogen) atoms. The van der Waals surface area contributed by atoms with E-state index in [2.05, 4.69) is 25.9 Å². The molecule has 2 aromatic heterocycles. The maximum Gasteiger partial charge on any atom is 0.410 e. The maximum atomic E-state index is 13.5. The molecule has 0 saturated carbocycles. The van der Waals surface area contributed by atoms with Crippen molar-refractivity contribution in [1.82, 2.24) is 19.8 Å². The first-order valence-electron chi connectivity index (χ1n) is 20.4. The number of piperidine rings is 2. The highest BCUT2D eigenvalue weighted by Crippen LogP contribution is 2.41. The predicted molar refractivity (Wildman–Crippen MR) is 236 cm³/mol. The van der Waals surface area contributed by atoms with Crippen molar-refractivity contribution in [3.63, 3.8) is 0 Å². The Morgan fingerprint density at radius 3 is 1.56 bits per heavy atom. The highest BCUT2D eigenvalue weighted by molar-refractivity contribution is 9.08. The summed E-state index contributed by atoms with van der Waals surface area (Å²) < 4.78 is 48.0. The summed E-state index contributed by atoms with van der Waals surface area (Å²) in [5, 5.41) is 0.288. The molecule has 12 nitrogen and oxygen atoms in total. The van der Waals surface area contributed by atoms with E-state index in [1.54, 1.807) is 15.9 Å². The number of pyridine rings is 2. The summed E-state index contributed by atoms with van der Waals surface area (Å²) in [5.74, 6) is -1.75. The average Bonchev–Trinajstić information content (AvgIpc) is 3.08. The molecule has 2 saturated heterocycles. The van der Waals surface area contributed by atoms with Crippen molar-refractivity contribution in [1.29, 1.82) is 0 Å². The van der Waals surface area contributed by atoms with Gasteiger partial charge < -0.3 is 28.7 Å². The van der Waals surface area contributed by atoms with Crippen LogP contribution in [-0.2, 0) is 40.3 Å². The molecule has 0 spiro atoms. The van der Waals surface area contributed by atoms with Gasteiger partial charge in [0.05, 0.1) is 17.0 Å². The first-order chi connectivity index (χ1) is 27.7. The highest BCUT2D eigenvalue weighted by Gasteiger charge is 2.48. The Labute approximate surface area is 379 Å². The molecular weight excluding hydrogens is 901 g/mol. The molecule has 4 atom stereocenters. The fourth-order valence-corrected chi connectivity index (χ4v) is 7.18. The van der Waals surface area contributed by atoms with E-state index in [-0.39, 0.29) is 52.8 Å². The maximum absolute atomic E-state index is 13.5. The monoisotopic (exact) mass is 964 g/mol. The lowest BCUT2D eigenvalue weighted by Crippen LogP contribution is -2.54. The molecular formula is C44H65BrCl2F2N4O8. The molecule has 344 valence electrons. The summed E-state index contributed by atoms with van der Waals surface area (Å²) in [6, 6.07) is 5.37. The lowest BCUT2D eigenvalue weighted by molar-refractivity contribution is -0.172. The van der Waals surface area contributed by atoms with Crippen LogP contribution in [0.25, 0.3) is 0 Å². The van der Waals surface area contributed by atoms with Crippen molar-refractivity contribution in [3.8, 4) is 0 Å². The Bertz CT molecular complexity index is 1830. The Balaban J connectivity index is 0.000000356. The Morgan fingerprint density at radius 1 is 0.705 bits per heavy atom. The SMILES string of the molecule is C[C@@H]1C[C@H](C(=O)OC(C)(C)C)CCN1C(=O)OC(C)(C)C.C[C@@H]1C[C@](Cc2ccc(F)c(Cl)n2)(C(=O)OC(C)(C)C)CCN1C(=O)OC(C)(C)C.Fc1ccc(CBr)nc1Cl. The van der Waals surface area contributed by atoms with Gasteiger partial charge in [0.1, 0.15) is 22.4 Å². The zero-order chi connectivity index (χ0) is 46.9. The van der Waals surface area contributed by atoms with Crippen LogP contribution in [0.4, 0.5) is 18.4 Å². The van der Waals surface area contributed by atoms with Gasteiger partial charge in [-0.3, -0.25) is 9.59 Å². The summed E-state index contributed by atoms with van der Waals surface area (Å²) in [6.07, 6.45) is 1.52. The van der Waals surface area contributed by atoms with Gasteiger partial charge in [-0.15, -0.1) is 0 Å². The van der Waals surface area contributed by atoms with Crippen molar-refractivity contribution in [2.24, 2.45) is 11.3 Å². The van der Waals surface area contributed by atoms with Crippen LogP contribution in [-0.4, -0.2) is 91.5 Å². The molecule has 4 heterocycles. The van der Waals surface area contributed by atoms with Crippen molar-refractivity contribution in [3.05, 3.63) is 57.6 Å². The molecule has 2 fully saturated rings. The van der Waals surface area contributed by atoms with Gasteiger partial charge in [-0.05, 0) is 147 Å². The van der Waals surface area contributed by atoms with Crippen LogP contribution in [0.3, 0.4) is 0 Å². The minimum absolute atomic E-state index is 0.0221. The Morgan fingerprint density at radius 2 is 1.15 bits per heavy atom.